The van der Waals surface area contributed by atoms with Gasteiger partial charge in [0, 0.05) is 6.54 Å². The predicted octanol–water partition coefficient (Wildman–Crippen LogP) is 1.57. The highest BCUT2D eigenvalue weighted by atomic mass is 16.6. The van der Waals surface area contributed by atoms with Gasteiger partial charge in [0.2, 0.25) is 0 Å². The molecule has 1 saturated heterocycles. The van der Waals surface area contributed by atoms with Gasteiger partial charge in [-0.25, -0.2) is 14.6 Å². The quantitative estimate of drug-likeness (QED) is 0.852. The van der Waals surface area contributed by atoms with Crippen LogP contribution in [0.2, 0.25) is 0 Å². The van der Waals surface area contributed by atoms with Gasteiger partial charge >= 0.3 is 12.1 Å². The van der Waals surface area contributed by atoms with Gasteiger partial charge in [0.1, 0.15) is 11.4 Å². The lowest BCUT2D eigenvalue weighted by Crippen LogP contribution is -2.36. The minimum Gasteiger partial charge on any atom is -0.475 e. The predicted molar refractivity (Wildman–Crippen MR) is 68.3 cm³/mol. The van der Waals surface area contributed by atoms with Crippen molar-refractivity contribution in [1.29, 1.82) is 0 Å². The summed E-state index contributed by atoms with van der Waals surface area (Å²) in [6.45, 7) is 5.95. The summed E-state index contributed by atoms with van der Waals surface area (Å²) in [7, 11) is 0. The second-order valence-electron chi connectivity index (χ2n) is 5.68. The summed E-state index contributed by atoms with van der Waals surface area (Å²) in [4.78, 5) is 28.4. The summed E-state index contributed by atoms with van der Waals surface area (Å²) in [5.41, 5.74) is -0.572. The molecule has 0 aliphatic carbocycles. The zero-order valence-corrected chi connectivity index (χ0v) is 11.7. The van der Waals surface area contributed by atoms with Gasteiger partial charge in [0.05, 0.1) is 6.04 Å². The van der Waals surface area contributed by atoms with Gasteiger partial charge in [-0.2, -0.15) is 0 Å². The fourth-order valence-corrected chi connectivity index (χ4v) is 2.11. The summed E-state index contributed by atoms with van der Waals surface area (Å²) in [5, 5.41) is 15.0. The molecule has 0 spiro atoms. The monoisotopic (exact) mass is 282 g/mol. The van der Waals surface area contributed by atoms with Gasteiger partial charge in [0.15, 0.2) is 0 Å². The number of amides is 1. The van der Waals surface area contributed by atoms with E-state index < -0.39 is 17.7 Å². The van der Waals surface area contributed by atoms with E-state index in [1.165, 1.54) is 0 Å². The molecule has 1 amide bonds. The molecule has 0 aromatic carbocycles. The highest BCUT2D eigenvalue weighted by Gasteiger charge is 2.35. The molecule has 1 aromatic heterocycles. The van der Waals surface area contributed by atoms with Crippen LogP contribution in [0, 0.1) is 0 Å². The second-order valence-corrected chi connectivity index (χ2v) is 5.68. The Kier molecular flexibility index (Phi) is 3.65. The van der Waals surface area contributed by atoms with Crippen molar-refractivity contribution >= 4 is 12.1 Å². The standard InChI is InChI=1S/C12H18N4O4/c1-12(2,3)20-11(19)16-6-4-5-7(16)8-13-9(10(17)18)15-14-8/h7H,4-6H2,1-3H3,(H,17,18)(H,13,14,15)/t7-/m1/s1. The van der Waals surface area contributed by atoms with E-state index in [-0.39, 0.29) is 11.9 Å². The minimum atomic E-state index is -1.20. The van der Waals surface area contributed by atoms with Crippen molar-refractivity contribution in [2.75, 3.05) is 6.54 Å². The Morgan fingerprint density at radius 1 is 1.45 bits per heavy atom. The first-order valence-electron chi connectivity index (χ1n) is 6.43. The number of aromatic carboxylic acids is 1. The van der Waals surface area contributed by atoms with Crippen LogP contribution in [0.3, 0.4) is 0 Å². The average molecular weight is 282 g/mol. The minimum absolute atomic E-state index is 0.295. The Morgan fingerprint density at radius 3 is 2.70 bits per heavy atom. The van der Waals surface area contributed by atoms with Gasteiger partial charge in [-0.15, -0.1) is 5.10 Å². The van der Waals surface area contributed by atoms with Crippen molar-refractivity contribution in [2.45, 2.75) is 45.3 Å². The number of aromatic nitrogens is 3. The number of hydrogen-bond donors (Lipinski definition) is 2. The number of rotatable bonds is 2. The van der Waals surface area contributed by atoms with E-state index >= 15 is 0 Å². The molecule has 2 heterocycles. The molecule has 8 heteroatoms. The molecule has 1 aromatic rings. The number of aromatic amines is 1. The third-order valence-corrected chi connectivity index (χ3v) is 2.89. The Hall–Kier alpha value is -2.12. The lowest BCUT2D eigenvalue weighted by atomic mass is 10.2. The molecule has 1 aliphatic rings. The summed E-state index contributed by atoms with van der Waals surface area (Å²) in [5.74, 6) is -1.11. The molecular weight excluding hydrogens is 264 g/mol. The largest absolute Gasteiger partial charge is 0.475 e. The molecular formula is C12H18N4O4. The van der Waals surface area contributed by atoms with Crippen LogP contribution in [0.5, 0.6) is 0 Å². The van der Waals surface area contributed by atoms with Gasteiger partial charge in [-0.3, -0.25) is 10.00 Å². The van der Waals surface area contributed by atoms with Crippen LogP contribution in [-0.2, 0) is 4.74 Å². The highest BCUT2D eigenvalue weighted by Crippen LogP contribution is 2.31. The fourth-order valence-electron chi connectivity index (χ4n) is 2.11. The van der Waals surface area contributed by atoms with E-state index in [1.54, 1.807) is 25.7 Å². The molecule has 20 heavy (non-hydrogen) atoms. The molecule has 0 unspecified atom stereocenters. The molecule has 0 bridgehead atoms. The number of carboxylic acid groups (broad SMARTS) is 1. The second kappa shape index (κ2) is 5.10. The Bertz CT molecular complexity index is 520. The summed E-state index contributed by atoms with van der Waals surface area (Å²) in [6.07, 6.45) is 1.09. The van der Waals surface area contributed by atoms with Crippen LogP contribution < -0.4 is 0 Å². The summed E-state index contributed by atoms with van der Waals surface area (Å²) >= 11 is 0. The van der Waals surface area contributed by atoms with Crippen LogP contribution in [0.15, 0.2) is 0 Å². The number of H-pyrrole nitrogens is 1. The molecule has 0 saturated carbocycles. The van der Waals surface area contributed by atoms with E-state index in [0.717, 1.165) is 6.42 Å². The molecule has 2 rings (SSSR count). The average Bonchev–Trinajstić information content (AvgIpc) is 2.95. The molecule has 0 radical (unpaired) electrons. The van der Waals surface area contributed by atoms with Crippen LogP contribution in [0.4, 0.5) is 4.79 Å². The van der Waals surface area contributed by atoms with E-state index in [9.17, 15) is 9.59 Å². The first-order valence-corrected chi connectivity index (χ1v) is 6.43. The van der Waals surface area contributed by atoms with E-state index in [0.29, 0.717) is 18.8 Å². The van der Waals surface area contributed by atoms with E-state index in [1.807, 2.05) is 0 Å². The van der Waals surface area contributed by atoms with Crippen molar-refractivity contribution in [1.82, 2.24) is 20.1 Å². The van der Waals surface area contributed by atoms with Crippen molar-refractivity contribution in [3.63, 3.8) is 0 Å². The fraction of sp³-hybridized carbons (Fsp3) is 0.667. The number of ether oxygens (including phenoxy) is 1. The van der Waals surface area contributed by atoms with Crippen LogP contribution in [-0.4, -0.2) is 49.4 Å². The number of likely N-dealkylation sites (tertiary alicyclic amines) is 1. The van der Waals surface area contributed by atoms with Gasteiger partial charge < -0.3 is 9.84 Å². The van der Waals surface area contributed by atoms with Crippen molar-refractivity contribution in [3.8, 4) is 0 Å². The first kappa shape index (κ1) is 14.3. The topological polar surface area (TPSA) is 108 Å². The zero-order valence-electron chi connectivity index (χ0n) is 11.7. The first-order chi connectivity index (χ1) is 9.28. The molecule has 1 fully saturated rings. The third-order valence-electron chi connectivity index (χ3n) is 2.89. The SMILES string of the molecule is CC(C)(C)OC(=O)N1CCC[C@@H]1c1nc(C(=O)O)n[nH]1. The third kappa shape index (κ3) is 3.06. The smallest absolute Gasteiger partial charge is 0.410 e. The van der Waals surface area contributed by atoms with Crippen LogP contribution >= 0.6 is 0 Å². The van der Waals surface area contributed by atoms with Crippen molar-refractivity contribution < 1.29 is 19.4 Å². The van der Waals surface area contributed by atoms with E-state index in [4.69, 9.17) is 9.84 Å². The maximum atomic E-state index is 12.1. The normalized spacial score (nSPS) is 19.1. The number of carbonyl (C=O) groups excluding carboxylic acids is 1. The van der Waals surface area contributed by atoms with E-state index in [2.05, 4.69) is 15.2 Å². The molecule has 2 N–H and O–H groups in total. The summed E-state index contributed by atoms with van der Waals surface area (Å²) in [6, 6.07) is -0.314. The highest BCUT2D eigenvalue weighted by molar-refractivity contribution is 5.82. The maximum Gasteiger partial charge on any atom is 0.410 e. The molecule has 110 valence electrons. The Morgan fingerprint density at radius 2 is 2.15 bits per heavy atom. The van der Waals surface area contributed by atoms with Crippen LogP contribution in [0.1, 0.15) is 56.1 Å². The van der Waals surface area contributed by atoms with Crippen LogP contribution in [0.25, 0.3) is 0 Å². The number of nitrogens with zero attached hydrogens (tertiary/aromatic N) is 3. The van der Waals surface area contributed by atoms with Gasteiger partial charge in [-0.1, -0.05) is 0 Å². The number of hydrogen-bond acceptors (Lipinski definition) is 5. The molecule has 1 aliphatic heterocycles. The molecule has 1 atom stereocenters. The summed E-state index contributed by atoms with van der Waals surface area (Å²) < 4.78 is 5.34. The molecule has 8 nitrogen and oxygen atoms in total. The Labute approximate surface area is 116 Å². The number of carbonyl (C=O) groups is 2. The zero-order chi connectivity index (χ0) is 14.9. The number of carboxylic acids is 1. The van der Waals surface area contributed by atoms with Crippen molar-refractivity contribution in [3.05, 3.63) is 11.6 Å². The Balaban J connectivity index is 2.14. The number of nitrogens with one attached hydrogen (secondary N) is 1. The lowest BCUT2D eigenvalue weighted by Gasteiger charge is -2.27. The van der Waals surface area contributed by atoms with Crippen molar-refractivity contribution in [2.24, 2.45) is 0 Å². The lowest BCUT2D eigenvalue weighted by molar-refractivity contribution is 0.0218. The van der Waals surface area contributed by atoms with Gasteiger partial charge in [-0.05, 0) is 33.6 Å². The van der Waals surface area contributed by atoms with Gasteiger partial charge in [0.25, 0.3) is 5.82 Å². The maximum absolute atomic E-state index is 12.1.